The third-order valence-corrected chi connectivity index (χ3v) is 8.39. The van der Waals surface area contributed by atoms with E-state index in [0.717, 1.165) is 32.2 Å². The van der Waals surface area contributed by atoms with Gasteiger partial charge in [0.1, 0.15) is 6.04 Å². The van der Waals surface area contributed by atoms with Crippen LogP contribution in [0, 0.1) is 11.3 Å². The number of nitrogens with two attached hydrogens (primary N) is 1. The van der Waals surface area contributed by atoms with Crippen molar-refractivity contribution in [1.82, 2.24) is 14.7 Å². The van der Waals surface area contributed by atoms with Crippen molar-refractivity contribution in [2.75, 3.05) is 19.6 Å². The lowest BCUT2D eigenvalue weighted by molar-refractivity contribution is -0.140. The molecule has 1 aliphatic carbocycles. The Balaban J connectivity index is 1.24. The molecule has 2 N–H and O–H groups in total. The lowest BCUT2D eigenvalue weighted by atomic mass is 9.92. The van der Waals surface area contributed by atoms with Crippen LogP contribution in [0.3, 0.4) is 0 Å². The Morgan fingerprint density at radius 2 is 1.74 bits per heavy atom. The third kappa shape index (κ3) is 3.64. The van der Waals surface area contributed by atoms with E-state index in [1.807, 2.05) is 0 Å². The van der Waals surface area contributed by atoms with Crippen molar-refractivity contribution >= 4 is 11.8 Å². The minimum Gasteiger partial charge on any atom is -0.326 e. The van der Waals surface area contributed by atoms with Gasteiger partial charge in [-0.2, -0.15) is 5.26 Å². The van der Waals surface area contributed by atoms with Gasteiger partial charge in [0.25, 0.3) is 0 Å². The summed E-state index contributed by atoms with van der Waals surface area (Å²) in [5.41, 5.74) is 11.4. The van der Waals surface area contributed by atoms with Gasteiger partial charge in [-0.15, -0.1) is 0 Å². The standard InChI is InChI=1S/C28H31N5O2/c29-15-20-8-5-13-32(20)27(34)24(30)17-31-16-21-14-25(31)28(35)33(21)26-22-9-3-1-6-18(22)11-12-19-7-2-4-10-23(19)26/h1-4,6-7,9-10,20-21,24-26H,5,8,11-14,16-17,30H2/t20?,21-,24?,25?/m0/s1. The van der Waals surface area contributed by atoms with Crippen molar-refractivity contribution in [2.24, 2.45) is 5.73 Å². The maximum atomic E-state index is 13.8. The maximum Gasteiger partial charge on any atom is 0.241 e. The Hall–Kier alpha value is -3.21. The smallest absolute Gasteiger partial charge is 0.241 e. The molecule has 3 aliphatic heterocycles. The molecular formula is C28H31N5O2. The normalized spacial score (nSPS) is 26.9. The molecule has 35 heavy (non-hydrogen) atoms. The molecule has 2 aromatic carbocycles. The van der Waals surface area contributed by atoms with Crippen LogP contribution >= 0.6 is 0 Å². The fraction of sp³-hybridized carbons (Fsp3) is 0.464. The SMILES string of the molecule is N#CC1CCCN1C(=O)C(N)CN1C[C@@H]2CC1C(=O)N2C1c2ccccc2CCc2ccccc21. The highest BCUT2D eigenvalue weighted by molar-refractivity contribution is 5.87. The van der Waals surface area contributed by atoms with Gasteiger partial charge in [0, 0.05) is 25.7 Å². The molecule has 0 radical (unpaired) electrons. The van der Waals surface area contributed by atoms with Crippen molar-refractivity contribution in [3.8, 4) is 6.07 Å². The average molecular weight is 470 g/mol. The minimum absolute atomic E-state index is 0.0779. The number of nitrogens with zero attached hydrogens (tertiary/aromatic N) is 4. The molecule has 7 nitrogen and oxygen atoms in total. The summed E-state index contributed by atoms with van der Waals surface area (Å²) in [6, 6.07) is 17.9. The van der Waals surface area contributed by atoms with E-state index < -0.39 is 6.04 Å². The molecule has 0 spiro atoms. The molecule has 6 rings (SSSR count). The number of hydrogen-bond acceptors (Lipinski definition) is 5. The first-order valence-electron chi connectivity index (χ1n) is 12.7. The van der Waals surface area contributed by atoms with E-state index in [9.17, 15) is 14.9 Å². The predicted molar refractivity (Wildman–Crippen MR) is 131 cm³/mol. The van der Waals surface area contributed by atoms with E-state index in [1.165, 1.54) is 22.3 Å². The number of rotatable bonds is 4. The largest absolute Gasteiger partial charge is 0.326 e. The van der Waals surface area contributed by atoms with Crippen molar-refractivity contribution in [3.05, 3.63) is 70.8 Å². The average Bonchev–Trinajstić information content (AvgIpc) is 3.56. The molecule has 4 aliphatic rings. The number of piperazine rings is 1. The van der Waals surface area contributed by atoms with Crippen LogP contribution < -0.4 is 5.73 Å². The summed E-state index contributed by atoms with van der Waals surface area (Å²) in [5.74, 6) is -0.0405. The van der Waals surface area contributed by atoms with Crippen LogP contribution in [-0.4, -0.2) is 70.3 Å². The summed E-state index contributed by atoms with van der Waals surface area (Å²) >= 11 is 0. The number of benzene rings is 2. The van der Waals surface area contributed by atoms with Gasteiger partial charge in [-0.3, -0.25) is 14.5 Å². The van der Waals surface area contributed by atoms with Crippen LogP contribution in [0.5, 0.6) is 0 Å². The Bertz CT molecular complexity index is 1160. The number of carbonyl (C=O) groups is 2. The van der Waals surface area contributed by atoms with Crippen LogP contribution in [0.1, 0.15) is 47.6 Å². The molecule has 0 aromatic heterocycles. The van der Waals surface area contributed by atoms with Crippen molar-refractivity contribution in [1.29, 1.82) is 5.26 Å². The van der Waals surface area contributed by atoms with Gasteiger partial charge in [0.2, 0.25) is 11.8 Å². The molecular weight excluding hydrogens is 438 g/mol. The summed E-state index contributed by atoms with van der Waals surface area (Å²) < 4.78 is 0. The van der Waals surface area contributed by atoms with Gasteiger partial charge in [0.05, 0.1) is 24.2 Å². The zero-order valence-electron chi connectivity index (χ0n) is 19.8. The summed E-state index contributed by atoms with van der Waals surface area (Å²) in [7, 11) is 0. The van der Waals surface area contributed by atoms with Crippen LogP contribution in [-0.2, 0) is 22.4 Å². The fourth-order valence-electron chi connectivity index (χ4n) is 6.73. The highest BCUT2D eigenvalue weighted by Crippen LogP contribution is 2.44. The Morgan fingerprint density at radius 1 is 1.09 bits per heavy atom. The van der Waals surface area contributed by atoms with Crippen LogP contribution in [0.4, 0.5) is 0 Å². The lowest BCUT2D eigenvalue weighted by Crippen LogP contribution is -2.57. The number of carbonyl (C=O) groups excluding carboxylic acids is 2. The van der Waals surface area contributed by atoms with Crippen molar-refractivity contribution < 1.29 is 9.59 Å². The van der Waals surface area contributed by atoms with Crippen molar-refractivity contribution in [3.63, 3.8) is 0 Å². The third-order valence-electron chi connectivity index (χ3n) is 8.39. The molecule has 3 heterocycles. The molecule has 7 heteroatoms. The molecule has 3 saturated heterocycles. The monoisotopic (exact) mass is 469 g/mol. The maximum absolute atomic E-state index is 13.8. The first kappa shape index (κ1) is 22.3. The molecule has 3 fully saturated rings. The molecule has 2 bridgehead atoms. The zero-order chi connectivity index (χ0) is 24.1. The number of nitriles is 1. The van der Waals surface area contributed by atoms with E-state index in [2.05, 4.69) is 64.4 Å². The van der Waals surface area contributed by atoms with E-state index in [4.69, 9.17) is 5.73 Å². The number of amides is 2. The second-order valence-corrected chi connectivity index (χ2v) is 10.3. The first-order chi connectivity index (χ1) is 17.1. The highest BCUT2D eigenvalue weighted by atomic mass is 16.2. The van der Waals surface area contributed by atoms with Gasteiger partial charge < -0.3 is 15.5 Å². The van der Waals surface area contributed by atoms with Gasteiger partial charge in [-0.1, -0.05) is 48.5 Å². The molecule has 0 saturated carbocycles. The Morgan fingerprint density at radius 3 is 2.37 bits per heavy atom. The number of hydrogen-bond donors (Lipinski definition) is 1. The van der Waals surface area contributed by atoms with E-state index in [1.54, 1.807) is 4.90 Å². The quantitative estimate of drug-likeness (QED) is 0.739. The topological polar surface area (TPSA) is 93.7 Å². The highest BCUT2D eigenvalue weighted by Gasteiger charge is 2.53. The Kier molecular flexibility index (Phi) is 5.58. The van der Waals surface area contributed by atoms with E-state index in [-0.39, 0.29) is 36.0 Å². The number of fused-ring (bicyclic) bond motifs is 4. The summed E-state index contributed by atoms with van der Waals surface area (Å²) in [6.07, 6.45) is 4.27. The van der Waals surface area contributed by atoms with E-state index >= 15 is 0 Å². The summed E-state index contributed by atoms with van der Waals surface area (Å²) in [6.45, 7) is 1.66. The second kappa shape index (κ2) is 8.78. The molecule has 2 amide bonds. The lowest BCUT2D eigenvalue weighted by Gasteiger charge is -2.40. The number of aryl methyl sites for hydroxylation is 2. The minimum atomic E-state index is -0.719. The molecule has 180 valence electrons. The van der Waals surface area contributed by atoms with Gasteiger partial charge in [0.15, 0.2) is 0 Å². The summed E-state index contributed by atoms with van der Waals surface area (Å²) in [4.78, 5) is 32.6. The molecule has 3 unspecified atom stereocenters. The second-order valence-electron chi connectivity index (χ2n) is 10.3. The predicted octanol–water partition coefficient (Wildman–Crippen LogP) is 2.00. The fourth-order valence-corrected chi connectivity index (χ4v) is 6.73. The first-order valence-corrected chi connectivity index (χ1v) is 12.7. The van der Waals surface area contributed by atoms with E-state index in [0.29, 0.717) is 19.5 Å². The summed E-state index contributed by atoms with van der Waals surface area (Å²) in [5, 5.41) is 9.34. The molecule has 2 aromatic rings. The zero-order valence-corrected chi connectivity index (χ0v) is 19.8. The van der Waals surface area contributed by atoms with Crippen molar-refractivity contribution in [2.45, 2.75) is 62.3 Å². The van der Waals surface area contributed by atoms with Crippen LogP contribution in [0.2, 0.25) is 0 Å². The van der Waals surface area contributed by atoms with Crippen LogP contribution in [0.25, 0.3) is 0 Å². The van der Waals surface area contributed by atoms with Crippen LogP contribution in [0.15, 0.2) is 48.5 Å². The number of likely N-dealkylation sites (tertiary alicyclic amines) is 3. The van der Waals surface area contributed by atoms with Gasteiger partial charge in [-0.25, -0.2) is 0 Å². The van der Waals surface area contributed by atoms with Gasteiger partial charge in [-0.05, 0) is 54.4 Å². The Labute approximate surface area is 206 Å². The molecule has 4 atom stereocenters. The van der Waals surface area contributed by atoms with Gasteiger partial charge >= 0.3 is 0 Å².